The number of hydrogen-bond donors (Lipinski definition) is 2. The molecule has 4 heteroatoms. The van der Waals surface area contributed by atoms with Crippen LogP contribution in [0.3, 0.4) is 0 Å². The molecule has 2 N–H and O–H groups in total. The molecule has 1 aliphatic carbocycles. The normalized spacial score (nSPS) is 17.3. The maximum Gasteiger partial charge on any atom is 0.244 e. The van der Waals surface area contributed by atoms with Gasteiger partial charge in [-0.25, -0.2) is 0 Å². The fraction of sp³-hybridized carbons (Fsp3) is 0.278. The van der Waals surface area contributed by atoms with E-state index in [2.05, 4.69) is 5.32 Å². The number of carbonyl (C=O) groups is 1. The lowest BCUT2D eigenvalue weighted by Gasteiger charge is -2.29. The van der Waals surface area contributed by atoms with Crippen LogP contribution < -0.4 is 5.32 Å². The second-order valence-corrected chi connectivity index (χ2v) is 6.61. The summed E-state index contributed by atoms with van der Waals surface area (Å²) < 4.78 is 0. The smallest absolute Gasteiger partial charge is 0.244 e. The molecule has 114 valence electrons. The highest BCUT2D eigenvalue weighted by Gasteiger charge is 2.45. The highest BCUT2D eigenvalue weighted by Crippen LogP contribution is 2.45. The molecule has 3 nitrogen and oxygen atoms in total. The molecule has 1 atom stereocenters. The van der Waals surface area contributed by atoms with Crippen LogP contribution in [0.5, 0.6) is 0 Å². The molecule has 1 fully saturated rings. The average Bonchev–Trinajstić information content (AvgIpc) is 3.29. The van der Waals surface area contributed by atoms with Gasteiger partial charge in [-0.2, -0.15) is 0 Å². The van der Waals surface area contributed by atoms with E-state index in [4.69, 9.17) is 0 Å². The van der Waals surface area contributed by atoms with Gasteiger partial charge in [0.2, 0.25) is 5.91 Å². The summed E-state index contributed by atoms with van der Waals surface area (Å²) in [6.45, 7) is 0.245. The first kappa shape index (κ1) is 15.0. The summed E-state index contributed by atoms with van der Waals surface area (Å²) in [7, 11) is 0. The van der Waals surface area contributed by atoms with Crippen molar-refractivity contribution in [3.05, 3.63) is 64.4 Å². The standard InChI is InChI=1S/C18H19NO2S/c20-17(11-10-16-7-4-12-22-16)19-13-18(21,15-8-9-15)14-5-2-1-3-6-14/h1-7,10-12,15,21H,8-9,13H2,(H,19,20). The first-order valence-electron chi connectivity index (χ1n) is 7.46. The van der Waals surface area contributed by atoms with Gasteiger partial charge in [0.15, 0.2) is 0 Å². The van der Waals surface area contributed by atoms with Crippen LogP contribution in [-0.2, 0) is 10.4 Å². The topological polar surface area (TPSA) is 49.3 Å². The van der Waals surface area contributed by atoms with E-state index in [0.717, 1.165) is 23.3 Å². The highest BCUT2D eigenvalue weighted by molar-refractivity contribution is 7.10. The van der Waals surface area contributed by atoms with E-state index in [-0.39, 0.29) is 18.4 Å². The lowest BCUT2D eigenvalue weighted by atomic mass is 9.88. The van der Waals surface area contributed by atoms with Gasteiger partial charge >= 0.3 is 0 Å². The van der Waals surface area contributed by atoms with Gasteiger partial charge in [-0.3, -0.25) is 4.79 Å². The first-order valence-corrected chi connectivity index (χ1v) is 8.34. The fourth-order valence-electron chi connectivity index (χ4n) is 2.59. The van der Waals surface area contributed by atoms with Gasteiger partial charge in [0.05, 0.1) is 6.54 Å². The number of amides is 1. The summed E-state index contributed by atoms with van der Waals surface area (Å²) in [4.78, 5) is 13.0. The zero-order valence-electron chi connectivity index (χ0n) is 12.2. The SMILES string of the molecule is O=C(C=Cc1cccs1)NCC(O)(c1ccccc1)C1CC1. The molecule has 0 radical (unpaired) electrons. The van der Waals surface area contributed by atoms with Crippen LogP contribution in [-0.4, -0.2) is 17.6 Å². The Hall–Kier alpha value is -1.91. The van der Waals surface area contributed by atoms with Crippen molar-refractivity contribution in [1.82, 2.24) is 5.32 Å². The molecule has 1 aromatic heterocycles. The molecule has 0 aliphatic heterocycles. The molecule has 0 spiro atoms. The minimum Gasteiger partial charge on any atom is -0.383 e. The predicted octanol–water partition coefficient (Wildman–Crippen LogP) is 3.18. The van der Waals surface area contributed by atoms with E-state index in [1.54, 1.807) is 17.4 Å². The summed E-state index contributed by atoms with van der Waals surface area (Å²) >= 11 is 1.58. The second kappa shape index (κ2) is 6.46. The second-order valence-electron chi connectivity index (χ2n) is 5.63. The number of carbonyl (C=O) groups excluding carboxylic acids is 1. The van der Waals surface area contributed by atoms with Crippen molar-refractivity contribution in [3.8, 4) is 0 Å². The molecular formula is C18H19NO2S. The third-order valence-electron chi connectivity index (χ3n) is 4.00. The lowest BCUT2D eigenvalue weighted by Crippen LogP contribution is -2.42. The van der Waals surface area contributed by atoms with Crippen molar-refractivity contribution in [2.75, 3.05) is 6.54 Å². The van der Waals surface area contributed by atoms with Gasteiger partial charge in [0.1, 0.15) is 5.60 Å². The van der Waals surface area contributed by atoms with Crippen molar-refractivity contribution in [2.24, 2.45) is 5.92 Å². The number of thiophene rings is 1. The summed E-state index contributed by atoms with van der Waals surface area (Å²) in [6.07, 6.45) is 5.32. The van der Waals surface area contributed by atoms with Crippen LogP contribution >= 0.6 is 11.3 Å². The number of nitrogens with one attached hydrogen (secondary N) is 1. The van der Waals surface area contributed by atoms with Gasteiger partial charge in [-0.1, -0.05) is 36.4 Å². The summed E-state index contributed by atoms with van der Waals surface area (Å²) in [5.74, 6) is 0.0554. The molecule has 1 heterocycles. The van der Waals surface area contributed by atoms with E-state index >= 15 is 0 Å². The Morgan fingerprint density at radius 1 is 1.27 bits per heavy atom. The minimum absolute atomic E-state index is 0.177. The molecule has 1 amide bonds. The molecule has 0 bridgehead atoms. The largest absolute Gasteiger partial charge is 0.383 e. The molecule has 0 saturated heterocycles. The van der Waals surface area contributed by atoms with Crippen LogP contribution in [0.25, 0.3) is 6.08 Å². The summed E-state index contributed by atoms with van der Waals surface area (Å²) in [5.41, 5.74) is -0.0896. The van der Waals surface area contributed by atoms with Crippen molar-refractivity contribution in [1.29, 1.82) is 0 Å². The quantitative estimate of drug-likeness (QED) is 0.805. The van der Waals surface area contributed by atoms with Crippen molar-refractivity contribution in [2.45, 2.75) is 18.4 Å². The maximum absolute atomic E-state index is 12.0. The molecule has 2 aromatic rings. The molecule has 1 unspecified atom stereocenters. The van der Waals surface area contributed by atoms with E-state index < -0.39 is 5.60 Å². The Kier molecular flexibility index (Phi) is 4.41. The third kappa shape index (κ3) is 3.46. The lowest BCUT2D eigenvalue weighted by molar-refractivity contribution is -0.118. The Bertz CT molecular complexity index is 647. The van der Waals surface area contributed by atoms with E-state index in [9.17, 15) is 9.90 Å². The molecule has 3 rings (SSSR count). The Morgan fingerprint density at radius 2 is 2.05 bits per heavy atom. The van der Waals surface area contributed by atoms with Crippen LogP contribution in [0.1, 0.15) is 23.3 Å². The van der Waals surface area contributed by atoms with E-state index in [1.165, 1.54) is 6.08 Å². The molecule has 1 aromatic carbocycles. The minimum atomic E-state index is -0.965. The van der Waals surface area contributed by atoms with Gasteiger partial charge in [0, 0.05) is 11.0 Å². The van der Waals surface area contributed by atoms with Crippen LogP contribution in [0, 0.1) is 5.92 Å². The molecule has 1 aliphatic rings. The summed E-state index contributed by atoms with van der Waals surface area (Å²) in [5, 5.41) is 15.8. The number of aliphatic hydroxyl groups is 1. The molecule has 22 heavy (non-hydrogen) atoms. The zero-order valence-corrected chi connectivity index (χ0v) is 13.1. The van der Waals surface area contributed by atoms with Gasteiger partial charge in [-0.15, -0.1) is 11.3 Å². The van der Waals surface area contributed by atoms with Crippen molar-refractivity contribution >= 4 is 23.3 Å². The van der Waals surface area contributed by atoms with Gasteiger partial charge < -0.3 is 10.4 Å². The van der Waals surface area contributed by atoms with E-state index in [1.807, 2.05) is 47.8 Å². The Labute approximate surface area is 134 Å². The number of hydrogen-bond acceptors (Lipinski definition) is 3. The Morgan fingerprint density at radius 3 is 2.68 bits per heavy atom. The highest BCUT2D eigenvalue weighted by atomic mass is 32.1. The summed E-state index contributed by atoms with van der Waals surface area (Å²) in [6, 6.07) is 13.5. The Balaban J connectivity index is 1.64. The maximum atomic E-state index is 12.0. The van der Waals surface area contributed by atoms with Crippen LogP contribution in [0.15, 0.2) is 53.9 Å². The van der Waals surface area contributed by atoms with E-state index in [0.29, 0.717) is 0 Å². The molecular weight excluding hydrogens is 294 g/mol. The zero-order chi connectivity index (χ0) is 15.4. The molecule has 1 saturated carbocycles. The first-order chi connectivity index (χ1) is 10.7. The predicted molar refractivity (Wildman–Crippen MR) is 89.4 cm³/mol. The van der Waals surface area contributed by atoms with Crippen molar-refractivity contribution in [3.63, 3.8) is 0 Å². The third-order valence-corrected chi connectivity index (χ3v) is 4.84. The fourth-order valence-corrected chi connectivity index (χ4v) is 3.21. The van der Waals surface area contributed by atoms with Crippen LogP contribution in [0.2, 0.25) is 0 Å². The number of rotatable bonds is 6. The monoisotopic (exact) mass is 313 g/mol. The van der Waals surface area contributed by atoms with Gasteiger partial charge in [0.25, 0.3) is 0 Å². The van der Waals surface area contributed by atoms with Crippen LogP contribution in [0.4, 0.5) is 0 Å². The van der Waals surface area contributed by atoms with Crippen molar-refractivity contribution < 1.29 is 9.90 Å². The van der Waals surface area contributed by atoms with Gasteiger partial charge in [-0.05, 0) is 41.8 Å². The number of benzene rings is 1. The average molecular weight is 313 g/mol.